The number of halogens is 3. The average Bonchev–Trinajstić information content (AvgIpc) is 3.15. The van der Waals surface area contributed by atoms with Crippen LogP contribution in [0, 0.1) is 0 Å². The molecule has 3 aromatic rings. The highest BCUT2D eigenvalue weighted by molar-refractivity contribution is 6.07. The lowest BCUT2D eigenvalue weighted by molar-refractivity contribution is -0.274. The van der Waals surface area contributed by atoms with Crippen LogP contribution in [0.5, 0.6) is 5.75 Å². The molecular formula is C20H18F3N5O2. The first-order valence-electron chi connectivity index (χ1n) is 9.17. The third-order valence-corrected chi connectivity index (χ3v) is 5.04. The van der Waals surface area contributed by atoms with Crippen LogP contribution in [0.1, 0.15) is 21.8 Å². The van der Waals surface area contributed by atoms with Crippen molar-refractivity contribution >= 4 is 22.5 Å². The summed E-state index contributed by atoms with van der Waals surface area (Å²) in [6.07, 6.45) is -1.76. The van der Waals surface area contributed by atoms with Crippen molar-refractivity contribution in [3.63, 3.8) is 0 Å². The monoisotopic (exact) mass is 417 g/mol. The van der Waals surface area contributed by atoms with Crippen LogP contribution in [0.2, 0.25) is 0 Å². The Morgan fingerprint density at radius 1 is 1.17 bits per heavy atom. The number of ether oxygens (including phenoxy) is 1. The van der Waals surface area contributed by atoms with Gasteiger partial charge in [-0.2, -0.15) is 0 Å². The van der Waals surface area contributed by atoms with Gasteiger partial charge in [0, 0.05) is 42.3 Å². The van der Waals surface area contributed by atoms with Crippen LogP contribution in [0.25, 0.3) is 10.9 Å². The number of benzene rings is 2. The lowest BCUT2D eigenvalue weighted by atomic mass is 9.93. The number of hydrogen-bond donors (Lipinski definition) is 3. The van der Waals surface area contributed by atoms with Gasteiger partial charge in [0.15, 0.2) is 0 Å². The Bertz CT molecular complexity index is 1070. The molecule has 1 aliphatic heterocycles. The first-order chi connectivity index (χ1) is 14.3. The van der Waals surface area contributed by atoms with Crippen LogP contribution in [0.15, 0.2) is 48.9 Å². The van der Waals surface area contributed by atoms with E-state index in [1.54, 1.807) is 30.5 Å². The molecule has 1 aliphatic rings. The third kappa shape index (κ3) is 4.13. The Balaban J connectivity index is 1.58. The maximum atomic E-state index is 12.4. The van der Waals surface area contributed by atoms with Gasteiger partial charge in [-0.1, -0.05) is 12.1 Å². The molecule has 0 saturated carbocycles. The molecule has 7 nitrogen and oxygen atoms in total. The van der Waals surface area contributed by atoms with E-state index in [2.05, 4.69) is 25.3 Å². The molecule has 0 radical (unpaired) electrons. The van der Waals surface area contributed by atoms with E-state index in [4.69, 9.17) is 5.73 Å². The van der Waals surface area contributed by atoms with Crippen LogP contribution in [0.3, 0.4) is 0 Å². The number of carbonyl (C=O) groups excluding carboxylic acids is 1. The quantitative estimate of drug-likeness (QED) is 0.590. The highest BCUT2D eigenvalue weighted by atomic mass is 19.4. The zero-order valence-corrected chi connectivity index (χ0v) is 15.6. The maximum Gasteiger partial charge on any atom is 0.573 e. The summed E-state index contributed by atoms with van der Waals surface area (Å²) < 4.78 is 41.1. The molecule has 4 rings (SSSR count). The summed E-state index contributed by atoms with van der Waals surface area (Å²) in [6.45, 7) is 1.31. The van der Waals surface area contributed by atoms with Crippen molar-refractivity contribution in [1.82, 2.24) is 15.3 Å². The minimum Gasteiger partial charge on any atom is -0.406 e. The smallest absolute Gasteiger partial charge is 0.406 e. The molecule has 10 heteroatoms. The fourth-order valence-electron chi connectivity index (χ4n) is 3.70. The molecule has 30 heavy (non-hydrogen) atoms. The van der Waals surface area contributed by atoms with E-state index in [9.17, 15) is 18.0 Å². The zero-order valence-electron chi connectivity index (χ0n) is 15.6. The highest BCUT2D eigenvalue weighted by Gasteiger charge is 2.32. The number of fused-ring (bicyclic) bond motifs is 1. The highest BCUT2D eigenvalue weighted by Crippen LogP contribution is 2.31. The lowest BCUT2D eigenvalue weighted by Gasteiger charge is -2.23. The van der Waals surface area contributed by atoms with E-state index in [0.29, 0.717) is 29.6 Å². The van der Waals surface area contributed by atoms with Gasteiger partial charge in [-0.05, 0) is 29.8 Å². The summed E-state index contributed by atoms with van der Waals surface area (Å²) in [5.74, 6) is -0.820. The van der Waals surface area contributed by atoms with Gasteiger partial charge in [0.05, 0.1) is 11.1 Å². The first kappa shape index (κ1) is 19.9. The van der Waals surface area contributed by atoms with E-state index < -0.39 is 12.3 Å². The fraction of sp³-hybridized carbons (Fsp3) is 0.250. The Hall–Kier alpha value is -3.40. The van der Waals surface area contributed by atoms with Crippen molar-refractivity contribution < 1.29 is 22.7 Å². The van der Waals surface area contributed by atoms with Crippen LogP contribution >= 0.6 is 0 Å². The second-order valence-electron chi connectivity index (χ2n) is 6.94. The molecule has 2 atom stereocenters. The average molecular weight is 417 g/mol. The number of nitrogens with one attached hydrogen (secondary N) is 2. The van der Waals surface area contributed by atoms with Crippen molar-refractivity contribution in [2.24, 2.45) is 5.73 Å². The van der Waals surface area contributed by atoms with Crippen molar-refractivity contribution in [3.8, 4) is 5.75 Å². The number of alkyl halides is 3. The van der Waals surface area contributed by atoms with Crippen LogP contribution in [-0.4, -0.2) is 41.4 Å². The lowest BCUT2D eigenvalue weighted by Crippen LogP contribution is -2.27. The number of hydrogen-bond acceptors (Lipinski definition) is 6. The zero-order chi connectivity index (χ0) is 21.3. The van der Waals surface area contributed by atoms with Crippen LogP contribution < -0.4 is 21.1 Å². The predicted octanol–water partition coefficient (Wildman–Crippen LogP) is 2.79. The number of amides is 1. The molecule has 4 N–H and O–H groups in total. The first-order valence-corrected chi connectivity index (χ1v) is 9.17. The molecule has 1 aromatic heterocycles. The Morgan fingerprint density at radius 3 is 2.63 bits per heavy atom. The number of carbonyl (C=O) groups is 1. The topological polar surface area (TPSA) is 102 Å². The molecule has 1 fully saturated rings. The molecule has 0 unspecified atom stereocenters. The molecule has 2 heterocycles. The number of nitrogens with two attached hydrogens (primary N) is 1. The summed E-state index contributed by atoms with van der Waals surface area (Å²) in [7, 11) is 0. The summed E-state index contributed by atoms with van der Waals surface area (Å²) in [4.78, 5) is 19.9. The molecule has 0 bridgehead atoms. The summed E-state index contributed by atoms with van der Waals surface area (Å²) >= 11 is 0. The molecule has 1 saturated heterocycles. The predicted molar refractivity (Wildman–Crippen MR) is 104 cm³/mol. The van der Waals surface area contributed by atoms with Crippen molar-refractivity contribution in [3.05, 3.63) is 60.0 Å². The van der Waals surface area contributed by atoms with Crippen LogP contribution in [0.4, 0.5) is 18.9 Å². The molecule has 156 valence electrons. The van der Waals surface area contributed by atoms with E-state index >= 15 is 0 Å². The minimum absolute atomic E-state index is 0.0143. The molecule has 1 amide bonds. The molecule has 0 spiro atoms. The molecule has 0 aliphatic carbocycles. The molecule has 2 aromatic carbocycles. The van der Waals surface area contributed by atoms with Gasteiger partial charge >= 0.3 is 6.36 Å². The number of nitrogens with zero attached hydrogens (tertiary/aromatic N) is 2. The van der Waals surface area contributed by atoms with E-state index in [0.717, 1.165) is 11.3 Å². The second kappa shape index (κ2) is 7.79. The fourth-order valence-corrected chi connectivity index (χ4v) is 3.70. The minimum atomic E-state index is -4.72. The van der Waals surface area contributed by atoms with Gasteiger partial charge in [0.1, 0.15) is 12.1 Å². The second-order valence-corrected chi connectivity index (χ2v) is 6.94. The molecular weight excluding hydrogens is 399 g/mol. The van der Waals surface area contributed by atoms with Gasteiger partial charge in [0.2, 0.25) is 0 Å². The Kier molecular flexibility index (Phi) is 5.17. The van der Waals surface area contributed by atoms with Gasteiger partial charge in [-0.25, -0.2) is 9.97 Å². The van der Waals surface area contributed by atoms with Gasteiger partial charge < -0.3 is 21.1 Å². The number of primary amides is 1. The summed E-state index contributed by atoms with van der Waals surface area (Å²) in [5, 5.41) is 7.40. The number of anilines is 1. The summed E-state index contributed by atoms with van der Waals surface area (Å²) in [6, 6.07) is 9.20. The Morgan fingerprint density at radius 2 is 1.93 bits per heavy atom. The van der Waals surface area contributed by atoms with Crippen molar-refractivity contribution in [1.29, 1.82) is 0 Å². The maximum absolute atomic E-state index is 12.4. The normalized spacial score (nSPS) is 19.0. The third-order valence-electron chi connectivity index (χ3n) is 5.04. The van der Waals surface area contributed by atoms with E-state index in [1.807, 2.05) is 0 Å². The Labute approximate surface area is 169 Å². The summed E-state index contributed by atoms with van der Waals surface area (Å²) in [5.41, 5.74) is 7.81. The number of rotatable bonds is 5. The van der Waals surface area contributed by atoms with E-state index in [1.165, 1.54) is 18.5 Å². The van der Waals surface area contributed by atoms with Gasteiger partial charge in [-0.15, -0.1) is 13.2 Å². The van der Waals surface area contributed by atoms with E-state index in [-0.39, 0.29) is 17.7 Å². The van der Waals surface area contributed by atoms with Crippen molar-refractivity contribution in [2.45, 2.75) is 18.3 Å². The van der Waals surface area contributed by atoms with Crippen molar-refractivity contribution in [2.75, 3.05) is 18.4 Å². The number of aromatic nitrogens is 2. The standard InChI is InChI=1S/C20H18F3N5O2/c21-20(22,23)30-12-3-1-11(2-4-12)14-7-25-9-17(14)28-16-6-5-13(19(24)29)18-15(16)8-26-10-27-18/h1-6,8,10,14,17,25,28H,7,9H2,(H2,24,29)/t14-,17+/m1/s1. The largest absolute Gasteiger partial charge is 0.573 e. The van der Waals surface area contributed by atoms with Gasteiger partial charge in [0.25, 0.3) is 5.91 Å². The van der Waals surface area contributed by atoms with Gasteiger partial charge in [-0.3, -0.25) is 4.79 Å². The van der Waals surface area contributed by atoms with Crippen LogP contribution in [-0.2, 0) is 0 Å². The SMILES string of the molecule is NC(=O)c1ccc(N[C@H]2CNC[C@@H]2c2ccc(OC(F)(F)F)cc2)c2cncnc12.